The van der Waals surface area contributed by atoms with Gasteiger partial charge in [-0.1, -0.05) is 11.6 Å². The number of rotatable bonds is 3. The first kappa shape index (κ1) is 13.0. The van der Waals surface area contributed by atoms with E-state index in [1.54, 1.807) is 0 Å². The summed E-state index contributed by atoms with van der Waals surface area (Å²) in [6.07, 6.45) is 2.13. The molecule has 2 atom stereocenters. The highest BCUT2D eigenvalue weighted by atomic mass is 35.5. The summed E-state index contributed by atoms with van der Waals surface area (Å²) in [5.74, 6) is 0.226. The molecule has 0 unspecified atom stereocenters. The molecular formula is C11H14ClN3O3. The average Bonchev–Trinajstić information content (AvgIpc) is 2.61. The molecule has 1 saturated heterocycles. The van der Waals surface area contributed by atoms with Crippen LogP contribution in [0.25, 0.3) is 0 Å². The van der Waals surface area contributed by atoms with Crippen LogP contribution in [0.1, 0.15) is 20.3 Å². The van der Waals surface area contributed by atoms with Crippen LogP contribution >= 0.6 is 11.6 Å². The Balaban J connectivity index is 2.31. The average molecular weight is 272 g/mol. The summed E-state index contributed by atoms with van der Waals surface area (Å²) < 4.78 is 5.48. The highest BCUT2D eigenvalue weighted by Crippen LogP contribution is 2.33. The molecule has 0 bridgehead atoms. The van der Waals surface area contributed by atoms with Gasteiger partial charge in [-0.05, 0) is 20.3 Å². The Hall–Kier alpha value is -1.40. The third-order valence-electron chi connectivity index (χ3n) is 3.32. The monoisotopic (exact) mass is 271 g/mol. The number of hydrogen-bond acceptors (Lipinski definition) is 5. The summed E-state index contributed by atoms with van der Waals surface area (Å²) in [5, 5.41) is 14.3. The lowest BCUT2D eigenvalue weighted by molar-refractivity contribution is -0.384. The number of anilines is 1. The molecule has 1 N–H and O–H groups in total. The van der Waals surface area contributed by atoms with E-state index in [1.807, 2.05) is 13.8 Å². The molecule has 6 nitrogen and oxygen atoms in total. The summed E-state index contributed by atoms with van der Waals surface area (Å²) >= 11 is 5.72. The van der Waals surface area contributed by atoms with Gasteiger partial charge >= 0.3 is 5.69 Å². The van der Waals surface area contributed by atoms with Gasteiger partial charge in [-0.2, -0.15) is 0 Å². The van der Waals surface area contributed by atoms with E-state index in [0.29, 0.717) is 6.61 Å². The lowest BCUT2D eigenvalue weighted by Gasteiger charge is -2.29. The Labute approximate surface area is 109 Å². The van der Waals surface area contributed by atoms with Gasteiger partial charge in [-0.25, -0.2) is 4.98 Å². The summed E-state index contributed by atoms with van der Waals surface area (Å²) in [7, 11) is 0. The molecule has 2 heterocycles. The molecule has 7 heteroatoms. The van der Waals surface area contributed by atoms with Crippen LogP contribution in [0.15, 0.2) is 12.3 Å². The lowest BCUT2D eigenvalue weighted by atomic mass is 9.94. The summed E-state index contributed by atoms with van der Waals surface area (Å²) in [4.78, 5) is 14.5. The fourth-order valence-electron chi connectivity index (χ4n) is 1.93. The normalized spacial score (nSPS) is 27.2. The number of ether oxygens (including phenoxy) is 1. The minimum Gasteiger partial charge on any atom is -0.376 e. The van der Waals surface area contributed by atoms with Crippen LogP contribution in [0.2, 0.25) is 5.02 Å². The number of aromatic nitrogens is 1. The molecule has 0 spiro atoms. The first-order chi connectivity index (χ1) is 8.42. The van der Waals surface area contributed by atoms with Crippen molar-refractivity contribution in [1.82, 2.24) is 4.98 Å². The molecule has 2 rings (SSSR count). The molecule has 1 aliphatic heterocycles. The first-order valence-corrected chi connectivity index (χ1v) is 6.00. The van der Waals surface area contributed by atoms with Crippen molar-refractivity contribution in [1.29, 1.82) is 0 Å². The number of nitro groups is 1. The van der Waals surface area contributed by atoms with Crippen LogP contribution < -0.4 is 5.32 Å². The number of nitrogens with zero attached hydrogens (tertiary/aromatic N) is 2. The standard InChI is InChI=1S/C11H14ClN3O3/c1-7-11(2,3-4-18-7)14-10-9(15(16)17)5-8(12)6-13-10/h5-7H,3-4H2,1-2H3,(H,13,14)/t7-,11+/m1/s1. The molecular weight excluding hydrogens is 258 g/mol. The molecule has 0 aliphatic carbocycles. The van der Waals surface area contributed by atoms with Gasteiger partial charge in [0.15, 0.2) is 0 Å². The van der Waals surface area contributed by atoms with Crippen LogP contribution in [0, 0.1) is 10.1 Å². The van der Waals surface area contributed by atoms with Gasteiger partial charge in [0.1, 0.15) is 0 Å². The fraction of sp³-hybridized carbons (Fsp3) is 0.545. The van der Waals surface area contributed by atoms with Gasteiger partial charge in [-0.3, -0.25) is 10.1 Å². The summed E-state index contributed by atoms with van der Waals surface area (Å²) in [5.41, 5.74) is -0.478. The minimum absolute atomic E-state index is 0.0328. The Bertz CT molecular complexity index is 483. The zero-order valence-electron chi connectivity index (χ0n) is 10.1. The molecule has 98 valence electrons. The second-order valence-corrected chi connectivity index (χ2v) is 5.02. The third kappa shape index (κ3) is 2.39. The third-order valence-corrected chi connectivity index (χ3v) is 3.53. The van der Waals surface area contributed by atoms with Crippen molar-refractivity contribution in [3.8, 4) is 0 Å². The molecule has 0 amide bonds. The maximum atomic E-state index is 11.0. The highest BCUT2D eigenvalue weighted by Gasteiger charge is 2.38. The van der Waals surface area contributed by atoms with Gasteiger partial charge in [0, 0.05) is 18.9 Å². The molecule has 0 radical (unpaired) electrons. The molecule has 0 saturated carbocycles. The van der Waals surface area contributed by atoms with E-state index < -0.39 is 4.92 Å². The number of hydrogen-bond donors (Lipinski definition) is 1. The van der Waals surface area contributed by atoms with Crippen LogP contribution in [-0.4, -0.2) is 28.2 Å². The second-order valence-electron chi connectivity index (χ2n) is 4.58. The van der Waals surface area contributed by atoms with Crippen LogP contribution in [0.3, 0.4) is 0 Å². The van der Waals surface area contributed by atoms with Crippen molar-refractivity contribution in [2.75, 3.05) is 11.9 Å². The van der Waals surface area contributed by atoms with Crippen molar-refractivity contribution in [3.05, 3.63) is 27.4 Å². The maximum absolute atomic E-state index is 11.0. The van der Waals surface area contributed by atoms with E-state index in [1.165, 1.54) is 12.3 Å². The lowest BCUT2D eigenvalue weighted by Crippen LogP contribution is -2.41. The maximum Gasteiger partial charge on any atom is 0.312 e. The van der Waals surface area contributed by atoms with Crippen molar-refractivity contribution in [2.24, 2.45) is 0 Å². The van der Waals surface area contributed by atoms with E-state index in [4.69, 9.17) is 16.3 Å². The first-order valence-electron chi connectivity index (χ1n) is 5.62. The summed E-state index contributed by atoms with van der Waals surface area (Å²) in [6, 6.07) is 1.29. The van der Waals surface area contributed by atoms with Gasteiger partial charge < -0.3 is 10.1 Å². The molecule has 1 fully saturated rings. The van der Waals surface area contributed by atoms with Gasteiger partial charge in [-0.15, -0.1) is 0 Å². The predicted molar refractivity (Wildman–Crippen MR) is 68.0 cm³/mol. The van der Waals surface area contributed by atoms with Crippen molar-refractivity contribution < 1.29 is 9.66 Å². The Morgan fingerprint density at radius 3 is 3.00 bits per heavy atom. The number of nitrogens with one attached hydrogen (secondary N) is 1. The van der Waals surface area contributed by atoms with E-state index in [-0.39, 0.29) is 28.2 Å². The zero-order valence-corrected chi connectivity index (χ0v) is 10.9. The van der Waals surface area contributed by atoms with Crippen molar-refractivity contribution in [3.63, 3.8) is 0 Å². The van der Waals surface area contributed by atoms with Crippen LogP contribution in [0.4, 0.5) is 11.5 Å². The minimum atomic E-state index is -0.495. The van der Waals surface area contributed by atoms with Gasteiger partial charge in [0.25, 0.3) is 0 Å². The Morgan fingerprint density at radius 1 is 1.72 bits per heavy atom. The van der Waals surface area contributed by atoms with Crippen molar-refractivity contribution in [2.45, 2.75) is 31.9 Å². The second kappa shape index (κ2) is 4.70. The predicted octanol–water partition coefficient (Wildman–Crippen LogP) is 2.62. The Morgan fingerprint density at radius 2 is 2.44 bits per heavy atom. The SMILES string of the molecule is C[C@H]1OCC[C@]1(C)Nc1ncc(Cl)cc1[N+](=O)[O-]. The zero-order chi connectivity index (χ0) is 13.3. The molecule has 1 aliphatic rings. The summed E-state index contributed by atoms with van der Waals surface area (Å²) in [6.45, 7) is 4.53. The fourth-order valence-corrected chi connectivity index (χ4v) is 2.09. The smallest absolute Gasteiger partial charge is 0.312 e. The van der Waals surface area contributed by atoms with E-state index in [0.717, 1.165) is 6.42 Å². The van der Waals surface area contributed by atoms with Gasteiger partial charge in [0.05, 0.1) is 21.6 Å². The Kier molecular flexibility index (Phi) is 3.41. The topological polar surface area (TPSA) is 77.3 Å². The molecule has 1 aromatic heterocycles. The largest absolute Gasteiger partial charge is 0.376 e. The van der Waals surface area contributed by atoms with Crippen LogP contribution in [-0.2, 0) is 4.74 Å². The molecule has 1 aromatic rings. The number of halogens is 1. The molecule has 18 heavy (non-hydrogen) atoms. The highest BCUT2D eigenvalue weighted by molar-refractivity contribution is 6.30. The van der Waals surface area contributed by atoms with Crippen LogP contribution in [0.5, 0.6) is 0 Å². The number of pyridine rings is 1. The van der Waals surface area contributed by atoms with E-state index in [9.17, 15) is 10.1 Å². The van der Waals surface area contributed by atoms with Gasteiger partial charge in [0.2, 0.25) is 5.82 Å². The van der Waals surface area contributed by atoms with E-state index >= 15 is 0 Å². The van der Waals surface area contributed by atoms with Crippen molar-refractivity contribution >= 4 is 23.1 Å². The van der Waals surface area contributed by atoms with E-state index in [2.05, 4.69) is 10.3 Å². The quantitative estimate of drug-likeness (QED) is 0.675. The molecule has 0 aromatic carbocycles.